The Morgan fingerprint density at radius 1 is 1.06 bits per heavy atom. The highest BCUT2D eigenvalue weighted by Crippen LogP contribution is 2.36. The van der Waals surface area contributed by atoms with Crippen molar-refractivity contribution in [3.05, 3.63) is 97.7 Å². The Morgan fingerprint density at radius 3 is 2.24 bits per heavy atom. The molecule has 0 aromatic heterocycles. The zero-order valence-corrected chi connectivity index (χ0v) is 20.7. The number of halogens is 3. The third-order valence-electron chi connectivity index (χ3n) is 4.61. The fourth-order valence-corrected chi connectivity index (χ4v) is 4.32. The van der Waals surface area contributed by atoms with E-state index in [4.69, 9.17) is 9.47 Å². The number of amides is 1. The number of hydrogen-bond acceptors (Lipinski definition) is 4. The normalized spacial score (nSPS) is 10.9. The lowest BCUT2D eigenvalue weighted by Crippen LogP contribution is -2.23. The lowest BCUT2D eigenvalue weighted by molar-refractivity contribution is -0.117. The van der Waals surface area contributed by atoms with E-state index in [2.05, 4.69) is 37.2 Å². The van der Waals surface area contributed by atoms with Gasteiger partial charge in [-0.25, -0.2) is 4.39 Å². The van der Waals surface area contributed by atoms with Crippen LogP contribution in [0.5, 0.6) is 11.5 Å². The number of methoxy groups -OCH3 is 1. The van der Waals surface area contributed by atoms with Crippen LogP contribution in [0.3, 0.4) is 0 Å². The standard InChI is InChI=1S/C25H19Br2FN2O3/c1-32-21-8-4-16(5-9-21)14-30-25(31)19(13-29)10-18-11-22(26)24(23(27)12-18)33-15-17-2-6-20(28)7-3-17/h2-12H,14-15H2,1H3,(H,30,31)/b19-10+. The molecule has 0 spiro atoms. The van der Waals surface area contributed by atoms with E-state index in [1.807, 2.05) is 18.2 Å². The first-order valence-corrected chi connectivity index (χ1v) is 11.4. The summed E-state index contributed by atoms with van der Waals surface area (Å²) >= 11 is 6.93. The van der Waals surface area contributed by atoms with E-state index in [9.17, 15) is 14.4 Å². The third-order valence-corrected chi connectivity index (χ3v) is 5.78. The minimum Gasteiger partial charge on any atom is -0.497 e. The zero-order valence-electron chi connectivity index (χ0n) is 17.6. The number of carbonyl (C=O) groups is 1. The van der Waals surface area contributed by atoms with E-state index in [1.54, 1.807) is 43.5 Å². The molecule has 0 bridgehead atoms. The van der Waals surface area contributed by atoms with Gasteiger partial charge in [0, 0.05) is 6.54 Å². The second kappa shape index (κ2) is 11.6. The van der Waals surface area contributed by atoms with Crippen LogP contribution in [0.1, 0.15) is 16.7 Å². The van der Waals surface area contributed by atoms with Gasteiger partial charge in [-0.2, -0.15) is 5.26 Å². The van der Waals surface area contributed by atoms with Crippen molar-refractivity contribution in [1.29, 1.82) is 5.26 Å². The molecule has 0 fully saturated rings. The second-order valence-corrected chi connectivity index (χ2v) is 8.64. The number of benzene rings is 3. The van der Waals surface area contributed by atoms with Gasteiger partial charge in [0.15, 0.2) is 0 Å². The van der Waals surface area contributed by atoms with Crippen LogP contribution in [-0.2, 0) is 17.9 Å². The fraction of sp³-hybridized carbons (Fsp3) is 0.120. The van der Waals surface area contributed by atoms with E-state index >= 15 is 0 Å². The molecule has 0 atom stereocenters. The van der Waals surface area contributed by atoms with Crippen molar-refractivity contribution in [3.63, 3.8) is 0 Å². The molecule has 0 aliphatic carbocycles. The van der Waals surface area contributed by atoms with Gasteiger partial charge in [-0.15, -0.1) is 0 Å². The summed E-state index contributed by atoms with van der Waals surface area (Å²) in [5.74, 6) is 0.499. The van der Waals surface area contributed by atoms with Crippen LogP contribution in [0, 0.1) is 17.1 Å². The van der Waals surface area contributed by atoms with Crippen molar-refractivity contribution >= 4 is 43.8 Å². The van der Waals surface area contributed by atoms with Crippen molar-refractivity contribution in [2.45, 2.75) is 13.2 Å². The summed E-state index contributed by atoms with van der Waals surface area (Å²) in [6.45, 7) is 0.537. The average Bonchev–Trinajstić information content (AvgIpc) is 2.82. The van der Waals surface area contributed by atoms with Gasteiger partial charge in [0.05, 0.1) is 16.1 Å². The molecule has 3 aromatic carbocycles. The van der Waals surface area contributed by atoms with Crippen LogP contribution in [0.4, 0.5) is 4.39 Å². The second-order valence-electron chi connectivity index (χ2n) is 6.93. The SMILES string of the molecule is COc1ccc(CNC(=O)/C(C#N)=C/c2cc(Br)c(OCc3ccc(F)cc3)c(Br)c2)cc1. The maximum atomic E-state index is 13.1. The van der Waals surface area contributed by atoms with Crippen LogP contribution in [0.15, 0.2) is 75.2 Å². The number of nitrogens with one attached hydrogen (secondary N) is 1. The van der Waals surface area contributed by atoms with E-state index in [0.717, 1.165) is 16.9 Å². The Balaban J connectivity index is 1.68. The highest BCUT2D eigenvalue weighted by atomic mass is 79.9. The van der Waals surface area contributed by atoms with Gasteiger partial charge in [-0.1, -0.05) is 24.3 Å². The van der Waals surface area contributed by atoms with Gasteiger partial charge in [0.2, 0.25) is 0 Å². The smallest absolute Gasteiger partial charge is 0.262 e. The molecule has 0 aliphatic rings. The number of nitrogens with zero attached hydrogens (tertiary/aromatic N) is 1. The Morgan fingerprint density at radius 2 is 1.67 bits per heavy atom. The first-order valence-electron chi connectivity index (χ1n) is 9.79. The van der Waals surface area contributed by atoms with Crippen LogP contribution in [-0.4, -0.2) is 13.0 Å². The molecule has 0 aliphatic heterocycles. The van der Waals surface area contributed by atoms with Gasteiger partial charge in [-0.05, 0) is 91.0 Å². The summed E-state index contributed by atoms with van der Waals surface area (Å²) in [5, 5.41) is 12.2. The first-order chi connectivity index (χ1) is 15.9. The number of rotatable bonds is 8. The highest BCUT2D eigenvalue weighted by molar-refractivity contribution is 9.11. The van der Waals surface area contributed by atoms with Crippen molar-refractivity contribution in [1.82, 2.24) is 5.32 Å². The molecular weight excluding hydrogens is 555 g/mol. The maximum Gasteiger partial charge on any atom is 0.262 e. The predicted octanol–water partition coefficient (Wildman–Crippen LogP) is 6.16. The summed E-state index contributed by atoms with van der Waals surface area (Å²) in [6, 6.07) is 18.8. The largest absolute Gasteiger partial charge is 0.497 e. The number of hydrogen-bond donors (Lipinski definition) is 1. The lowest BCUT2D eigenvalue weighted by atomic mass is 10.1. The molecule has 0 saturated heterocycles. The van der Waals surface area contributed by atoms with Gasteiger partial charge in [0.25, 0.3) is 5.91 Å². The average molecular weight is 574 g/mol. The molecule has 1 N–H and O–H groups in total. The molecule has 1 amide bonds. The Bertz CT molecular complexity index is 1180. The van der Waals surface area contributed by atoms with Gasteiger partial charge < -0.3 is 14.8 Å². The first kappa shape index (κ1) is 24.5. The van der Waals surface area contributed by atoms with E-state index < -0.39 is 5.91 Å². The summed E-state index contributed by atoms with van der Waals surface area (Å²) in [7, 11) is 1.59. The lowest BCUT2D eigenvalue weighted by Gasteiger charge is -2.12. The van der Waals surface area contributed by atoms with E-state index in [1.165, 1.54) is 18.2 Å². The quantitative estimate of drug-likeness (QED) is 0.259. The topological polar surface area (TPSA) is 71.3 Å². The van der Waals surface area contributed by atoms with Crippen molar-refractivity contribution < 1.29 is 18.7 Å². The number of carbonyl (C=O) groups excluding carboxylic acids is 1. The van der Waals surface area contributed by atoms with Gasteiger partial charge in [-0.3, -0.25) is 4.79 Å². The Kier molecular flexibility index (Phi) is 8.64. The molecule has 0 unspecified atom stereocenters. The summed E-state index contributed by atoms with van der Waals surface area (Å²) in [4.78, 5) is 12.5. The third kappa shape index (κ3) is 6.91. The van der Waals surface area contributed by atoms with Crippen molar-refractivity contribution in [2.75, 3.05) is 7.11 Å². The molecule has 168 valence electrons. The summed E-state index contributed by atoms with van der Waals surface area (Å²) < 4.78 is 25.3. The Labute approximate surface area is 208 Å². The molecule has 33 heavy (non-hydrogen) atoms. The van der Waals surface area contributed by atoms with Crippen LogP contribution in [0.25, 0.3) is 6.08 Å². The number of nitriles is 1. The Hall–Kier alpha value is -3.15. The van der Waals surface area contributed by atoms with E-state index in [-0.39, 0.29) is 24.5 Å². The minimum absolute atomic E-state index is 0.0257. The zero-order chi connectivity index (χ0) is 23.8. The molecular formula is C25H19Br2FN2O3. The highest BCUT2D eigenvalue weighted by Gasteiger charge is 2.13. The van der Waals surface area contributed by atoms with Gasteiger partial charge >= 0.3 is 0 Å². The van der Waals surface area contributed by atoms with Crippen molar-refractivity contribution in [2.24, 2.45) is 0 Å². The van der Waals surface area contributed by atoms with E-state index in [0.29, 0.717) is 20.3 Å². The molecule has 0 radical (unpaired) electrons. The van der Waals surface area contributed by atoms with Crippen molar-refractivity contribution in [3.8, 4) is 17.6 Å². The molecule has 5 nitrogen and oxygen atoms in total. The monoisotopic (exact) mass is 572 g/mol. The molecule has 8 heteroatoms. The number of ether oxygens (including phenoxy) is 2. The van der Waals surface area contributed by atoms with Crippen LogP contribution < -0.4 is 14.8 Å². The molecule has 0 heterocycles. The van der Waals surface area contributed by atoms with Crippen LogP contribution >= 0.6 is 31.9 Å². The maximum absolute atomic E-state index is 13.1. The predicted molar refractivity (Wildman–Crippen MR) is 131 cm³/mol. The molecule has 3 rings (SSSR count). The summed E-state index contributed by atoms with van der Waals surface area (Å²) in [5.41, 5.74) is 2.32. The van der Waals surface area contributed by atoms with Gasteiger partial charge in [0.1, 0.15) is 35.6 Å². The minimum atomic E-state index is -0.475. The van der Waals surface area contributed by atoms with Crippen LogP contribution in [0.2, 0.25) is 0 Å². The molecule has 3 aromatic rings. The molecule has 0 saturated carbocycles. The fourth-order valence-electron chi connectivity index (χ4n) is 2.87. The summed E-state index contributed by atoms with van der Waals surface area (Å²) in [6.07, 6.45) is 1.50.